The minimum absolute atomic E-state index is 0.454. The van der Waals surface area contributed by atoms with Gasteiger partial charge in [-0.25, -0.2) is 4.79 Å². The Labute approximate surface area is 155 Å². The van der Waals surface area contributed by atoms with E-state index in [2.05, 4.69) is 15.9 Å². The van der Waals surface area contributed by atoms with Crippen LogP contribution in [-0.2, 0) is 4.74 Å². The minimum Gasteiger partial charge on any atom is -0.493 e. The van der Waals surface area contributed by atoms with E-state index in [9.17, 15) is 4.79 Å². The molecule has 1 aromatic heterocycles. The van der Waals surface area contributed by atoms with Crippen molar-refractivity contribution < 1.29 is 23.7 Å². The zero-order valence-corrected chi connectivity index (χ0v) is 16.8. The summed E-state index contributed by atoms with van der Waals surface area (Å²) in [6, 6.07) is 5.38. The lowest BCUT2D eigenvalue weighted by Crippen LogP contribution is -2.27. The highest BCUT2D eigenvalue weighted by Crippen LogP contribution is 2.45. The smallest absolute Gasteiger partial charge is 0.419 e. The van der Waals surface area contributed by atoms with Crippen molar-refractivity contribution in [3.63, 3.8) is 0 Å². The summed E-state index contributed by atoms with van der Waals surface area (Å²) in [5, 5.41) is 0. The van der Waals surface area contributed by atoms with Crippen LogP contribution in [0.15, 0.2) is 28.9 Å². The number of nitrogens with zero attached hydrogens (tertiary/aromatic N) is 1. The van der Waals surface area contributed by atoms with Gasteiger partial charge < -0.3 is 18.9 Å². The summed E-state index contributed by atoms with van der Waals surface area (Å²) >= 11 is 3.41. The highest BCUT2D eigenvalue weighted by Gasteiger charge is 2.24. The molecule has 0 bridgehead atoms. The molecule has 25 heavy (non-hydrogen) atoms. The number of hydrogen-bond donors (Lipinski definition) is 0. The van der Waals surface area contributed by atoms with Crippen LogP contribution in [0.4, 0.5) is 4.79 Å². The first-order valence-corrected chi connectivity index (χ1v) is 8.41. The van der Waals surface area contributed by atoms with Crippen molar-refractivity contribution >= 4 is 22.0 Å². The van der Waals surface area contributed by atoms with E-state index in [0.29, 0.717) is 28.5 Å². The Balaban J connectivity index is 2.62. The lowest BCUT2D eigenvalue weighted by Gasteiger charge is -2.21. The summed E-state index contributed by atoms with van der Waals surface area (Å²) in [7, 11) is 4.63. The topological polar surface area (TPSA) is 58.9 Å². The van der Waals surface area contributed by atoms with E-state index in [0.717, 1.165) is 4.47 Å². The zero-order valence-electron chi connectivity index (χ0n) is 15.2. The van der Waals surface area contributed by atoms with Gasteiger partial charge in [-0.05, 0) is 54.9 Å². The molecule has 0 aliphatic heterocycles. The van der Waals surface area contributed by atoms with Crippen molar-refractivity contribution in [2.24, 2.45) is 0 Å². The van der Waals surface area contributed by atoms with Gasteiger partial charge in [-0.1, -0.05) is 0 Å². The Morgan fingerprint density at radius 2 is 1.68 bits per heavy atom. The van der Waals surface area contributed by atoms with Crippen LogP contribution in [0.2, 0.25) is 0 Å². The molecule has 1 heterocycles. The second-order valence-electron chi connectivity index (χ2n) is 6.28. The van der Waals surface area contributed by atoms with Crippen LogP contribution in [0.1, 0.15) is 20.8 Å². The molecule has 0 amide bonds. The number of halogens is 1. The second kappa shape index (κ2) is 7.39. The number of carbonyl (C=O) groups is 1. The Bertz CT molecular complexity index is 777. The third kappa shape index (κ3) is 4.10. The lowest BCUT2D eigenvalue weighted by atomic mass is 10.1. The number of benzene rings is 1. The van der Waals surface area contributed by atoms with Crippen molar-refractivity contribution in [1.82, 2.24) is 4.57 Å². The van der Waals surface area contributed by atoms with Crippen molar-refractivity contribution in [1.29, 1.82) is 0 Å². The first-order valence-electron chi connectivity index (χ1n) is 7.62. The molecule has 0 radical (unpaired) electrons. The fourth-order valence-electron chi connectivity index (χ4n) is 2.40. The summed E-state index contributed by atoms with van der Waals surface area (Å²) in [4.78, 5) is 12.6. The maximum Gasteiger partial charge on any atom is 0.419 e. The van der Waals surface area contributed by atoms with Gasteiger partial charge in [0.05, 0.1) is 27.0 Å². The van der Waals surface area contributed by atoms with Crippen LogP contribution in [-0.4, -0.2) is 37.6 Å². The van der Waals surface area contributed by atoms with Crippen molar-refractivity contribution in [3.05, 3.63) is 28.9 Å². The van der Waals surface area contributed by atoms with Gasteiger partial charge in [-0.15, -0.1) is 0 Å². The average molecular weight is 412 g/mol. The van der Waals surface area contributed by atoms with Crippen molar-refractivity contribution in [2.75, 3.05) is 21.3 Å². The average Bonchev–Trinajstić information content (AvgIpc) is 2.93. The lowest BCUT2D eigenvalue weighted by molar-refractivity contribution is 0.0540. The van der Waals surface area contributed by atoms with E-state index >= 15 is 0 Å². The Morgan fingerprint density at radius 1 is 1.04 bits per heavy atom. The van der Waals surface area contributed by atoms with Gasteiger partial charge in [-0.3, -0.25) is 4.57 Å². The number of hydrogen-bond acceptors (Lipinski definition) is 5. The highest BCUT2D eigenvalue weighted by molar-refractivity contribution is 9.10. The molecule has 0 aliphatic carbocycles. The highest BCUT2D eigenvalue weighted by atomic mass is 79.9. The SMILES string of the molecule is COc1ccc(-c2cc(Br)cn2C(=O)OC(C)(C)C)c(OC)c1OC. The Hall–Kier alpha value is -2.15. The van der Waals surface area contributed by atoms with Gasteiger partial charge in [0.2, 0.25) is 5.75 Å². The molecule has 0 saturated carbocycles. The first-order chi connectivity index (χ1) is 11.7. The van der Waals surface area contributed by atoms with E-state index in [4.69, 9.17) is 18.9 Å². The monoisotopic (exact) mass is 411 g/mol. The number of rotatable bonds is 4. The number of carbonyl (C=O) groups excluding carboxylic acids is 1. The van der Waals surface area contributed by atoms with Crippen molar-refractivity contribution in [3.8, 4) is 28.5 Å². The standard InChI is InChI=1S/C18H22BrNO5/c1-18(2,3)25-17(21)20-10-11(19)9-13(20)12-7-8-14(22-4)16(24-6)15(12)23-5/h7-10H,1-6H3. The molecule has 1 aromatic carbocycles. The van der Waals surface area contributed by atoms with Crippen LogP contribution < -0.4 is 14.2 Å². The molecule has 0 saturated heterocycles. The molecule has 2 rings (SSSR count). The van der Waals surface area contributed by atoms with Gasteiger partial charge in [0.1, 0.15) is 5.60 Å². The molecular formula is C18H22BrNO5. The summed E-state index contributed by atoms with van der Waals surface area (Å²) < 4.78 is 23.9. The van der Waals surface area contributed by atoms with Crippen LogP contribution >= 0.6 is 15.9 Å². The number of aromatic nitrogens is 1. The largest absolute Gasteiger partial charge is 0.493 e. The predicted octanol–water partition coefficient (Wildman–Crippen LogP) is 4.73. The third-order valence-corrected chi connectivity index (χ3v) is 3.79. The molecule has 2 aromatic rings. The third-order valence-electron chi connectivity index (χ3n) is 3.36. The zero-order chi connectivity index (χ0) is 18.8. The van der Waals surface area contributed by atoms with Gasteiger partial charge in [-0.2, -0.15) is 0 Å². The molecule has 0 unspecified atom stereocenters. The number of methoxy groups -OCH3 is 3. The van der Waals surface area contributed by atoms with Crippen LogP contribution in [0, 0.1) is 0 Å². The normalized spacial score (nSPS) is 11.2. The van der Waals surface area contributed by atoms with Gasteiger partial charge >= 0.3 is 6.09 Å². The van der Waals surface area contributed by atoms with Crippen LogP contribution in [0.25, 0.3) is 11.3 Å². The molecule has 6 nitrogen and oxygen atoms in total. The fraction of sp³-hybridized carbons (Fsp3) is 0.389. The summed E-state index contributed by atoms with van der Waals surface area (Å²) in [6.07, 6.45) is 1.17. The van der Waals surface area contributed by atoms with Gasteiger partial charge in [0, 0.05) is 16.2 Å². The summed E-state index contributed by atoms with van der Waals surface area (Å²) in [5.74, 6) is 1.46. The van der Waals surface area contributed by atoms with Crippen LogP contribution in [0.5, 0.6) is 17.2 Å². The van der Waals surface area contributed by atoms with Gasteiger partial charge in [0.25, 0.3) is 0 Å². The van der Waals surface area contributed by atoms with E-state index in [1.54, 1.807) is 19.4 Å². The molecule has 7 heteroatoms. The number of ether oxygens (including phenoxy) is 4. The molecule has 0 aliphatic rings. The van der Waals surface area contributed by atoms with E-state index < -0.39 is 11.7 Å². The molecule has 0 N–H and O–H groups in total. The van der Waals surface area contributed by atoms with Gasteiger partial charge in [0.15, 0.2) is 11.5 Å². The Kier molecular flexibility index (Phi) is 5.67. The van der Waals surface area contributed by atoms with Crippen molar-refractivity contribution in [2.45, 2.75) is 26.4 Å². The predicted molar refractivity (Wildman–Crippen MR) is 98.9 cm³/mol. The summed E-state index contributed by atoms with van der Waals surface area (Å²) in [6.45, 7) is 5.46. The van der Waals surface area contributed by atoms with E-state index in [1.165, 1.54) is 18.8 Å². The molecule has 0 fully saturated rings. The Morgan fingerprint density at radius 3 is 2.20 bits per heavy atom. The quantitative estimate of drug-likeness (QED) is 0.727. The first kappa shape index (κ1) is 19.2. The molecular weight excluding hydrogens is 390 g/mol. The van der Waals surface area contributed by atoms with E-state index in [-0.39, 0.29) is 0 Å². The fourth-order valence-corrected chi connectivity index (χ4v) is 2.82. The minimum atomic E-state index is -0.604. The molecule has 136 valence electrons. The maximum absolute atomic E-state index is 12.6. The van der Waals surface area contributed by atoms with E-state index in [1.807, 2.05) is 32.9 Å². The van der Waals surface area contributed by atoms with Crippen LogP contribution in [0.3, 0.4) is 0 Å². The second-order valence-corrected chi connectivity index (χ2v) is 7.19. The maximum atomic E-state index is 12.6. The molecule has 0 atom stereocenters. The summed E-state index contributed by atoms with van der Waals surface area (Å²) in [5.41, 5.74) is 0.683. The molecule has 0 spiro atoms.